The average molecular weight is 502 g/mol. The molecule has 6 nitrogen and oxygen atoms in total. The largest absolute Gasteiger partial charge is 0.454 e. The molecule has 1 heterocycles. The zero-order chi connectivity index (χ0) is 19.2. The molecule has 0 unspecified atom stereocenters. The quantitative estimate of drug-likeness (QED) is 0.353. The van der Waals surface area contributed by atoms with Crippen LogP contribution in [0, 0.1) is 0 Å². The number of nitrogens with zero attached hydrogens (tertiary/aromatic N) is 3. The lowest BCUT2D eigenvalue weighted by molar-refractivity contribution is -0.142. The average Bonchev–Trinajstić information content (AvgIpc) is 3.00. The van der Waals surface area contributed by atoms with Gasteiger partial charge in [-0.05, 0) is 31.7 Å². The van der Waals surface area contributed by atoms with Crippen LogP contribution in [0.1, 0.15) is 12.5 Å². The standard InChI is InChI=1S/C17H25F3N4O2.HI/c1-4-21-16(22-7-8-23(2)11-17(18,19)20)24(3)10-13-5-6-14-15(9-13)26-12-25-14;/h5-6,9H,4,7-8,10-12H2,1-3H3,(H,21,22);1H. The van der Waals surface area contributed by atoms with E-state index in [0.29, 0.717) is 24.8 Å². The Balaban J connectivity index is 0.00000364. The van der Waals surface area contributed by atoms with Gasteiger partial charge in [0.15, 0.2) is 17.5 Å². The number of alkyl halides is 3. The molecule has 0 aliphatic carbocycles. The van der Waals surface area contributed by atoms with Crippen LogP contribution >= 0.6 is 24.0 Å². The highest BCUT2D eigenvalue weighted by atomic mass is 127. The van der Waals surface area contributed by atoms with Crippen molar-refractivity contribution in [2.75, 3.05) is 47.1 Å². The molecule has 0 amide bonds. The van der Waals surface area contributed by atoms with E-state index < -0.39 is 12.7 Å². The van der Waals surface area contributed by atoms with E-state index in [-0.39, 0.29) is 43.9 Å². The molecule has 0 saturated heterocycles. The summed E-state index contributed by atoms with van der Waals surface area (Å²) in [6.07, 6.45) is -4.20. The Labute approximate surface area is 174 Å². The summed E-state index contributed by atoms with van der Waals surface area (Å²) in [6, 6.07) is 5.73. The van der Waals surface area contributed by atoms with Crippen LogP contribution in [0.25, 0.3) is 0 Å². The van der Waals surface area contributed by atoms with Gasteiger partial charge in [0.1, 0.15) is 0 Å². The molecule has 0 atom stereocenters. The van der Waals surface area contributed by atoms with Gasteiger partial charge >= 0.3 is 6.18 Å². The first kappa shape index (κ1) is 23.6. The summed E-state index contributed by atoms with van der Waals surface area (Å²) in [7, 11) is 3.32. The Kier molecular flexibility index (Phi) is 9.43. The van der Waals surface area contributed by atoms with Crippen LogP contribution in [-0.2, 0) is 6.54 Å². The maximum atomic E-state index is 12.4. The second-order valence-corrected chi connectivity index (χ2v) is 6.13. The van der Waals surface area contributed by atoms with Crippen LogP contribution in [0.15, 0.2) is 23.2 Å². The molecule has 0 saturated carbocycles. The minimum atomic E-state index is -4.20. The van der Waals surface area contributed by atoms with Gasteiger partial charge in [0.25, 0.3) is 0 Å². The van der Waals surface area contributed by atoms with Crippen LogP contribution in [0.2, 0.25) is 0 Å². The molecule has 0 radical (unpaired) electrons. The van der Waals surface area contributed by atoms with Gasteiger partial charge in [0.2, 0.25) is 6.79 Å². The number of hydrogen-bond donors (Lipinski definition) is 1. The van der Waals surface area contributed by atoms with Gasteiger partial charge in [-0.2, -0.15) is 13.2 Å². The van der Waals surface area contributed by atoms with Crippen LogP contribution in [0.3, 0.4) is 0 Å². The maximum Gasteiger partial charge on any atom is 0.401 e. The van der Waals surface area contributed by atoms with E-state index in [1.165, 1.54) is 11.9 Å². The van der Waals surface area contributed by atoms with E-state index in [4.69, 9.17) is 9.47 Å². The lowest BCUT2D eigenvalue weighted by Crippen LogP contribution is -2.39. The minimum Gasteiger partial charge on any atom is -0.454 e. The van der Waals surface area contributed by atoms with E-state index in [1.54, 1.807) is 0 Å². The monoisotopic (exact) mass is 502 g/mol. The summed E-state index contributed by atoms with van der Waals surface area (Å²) in [5.41, 5.74) is 1.02. The molecule has 0 bridgehead atoms. The molecular formula is C17H26F3IN4O2. The molecule has 0 fully saturated rings. The number of ether oxygens (including phenoxy) is 2. The molecule has 10 heteroatoms. The Morgan fingerprint density at radius 1 is 1.22 bits per heavy atom. The number of aliphatic imine (C=N–C) groups is 1. The minimum absolute atomic E-state index is 0. The highest BCUT2D eigenvalue weighted by Gasteiger charge is 2.28. The molecule has 0 spiro atoms. The fourth-order valence-corrected chi connectivity index (χ4v) is 2.57. The van der Waals surface area contributed by atoms with Gasteiger partial charge in [0, 0.05) is 26.7 Å². The summed E-state index contributed by atoms with van der Waals surface area (Å²) < 4.78 is 47.8. The third-order valence-electron chi connectivity index (χ3n) is 3.75. The van der Waals surface area contributed by atoms with Crippen molar-refractivity contribution in [2.24, 2.45) is 4.99 Å². The fraction of sp³-hybridized carbons (Fsp3) is 0.588. The third-order valence-corrected chi connectivity index (χ3v) is 3.75. The van der Waals surface area contributed by atoms with E-state index in [2.05, 4.69) is 10.3 Å². The number of benzene rings is 1. The Morgan fingerprint density at radius 3 is 2.59 bits per heavy atom. The first-order chi connectivity index (χ1) is 12.3. The highest BCUT2D eigenvalue weighted by Crippen LogP contribution is 2.32. The number of halogens is 4. The molecule has 1 aliphatic heterocycles. The first-order valence-corrected chi connectivity index (χ1v) is 8.41. The maximum absolute atomic E-state index is 12.4. The normalized spacial score (nSPS) is 13.5. The van der Waals surface area contributed by atoms with Crippen molar-refractivity contribution in [3.05, 3.63) is 23.8 Å². The predicted octanol–water partition coefficient (Wildman–Crippen LogP) is 2.92. The number of fused-ring (bicyclic) bond motifs is 1. The summed E-state index contributed by atoms with van der Waals surface area (Å²) in [5.74, 6) is 2.09. The van der Waals surface area contributed by atoms with E-state index >= 15 is 0 Å². The zero-order valence-electron chi connectivity index (χ0n) is 15.7. The topological polar surface area (TPSA) is 49.3 Å². The number of guanidine groups is 1. The molecule has 2 rings (SSSR count). The molecule has 27 heavy (non-hydrogen) atoms. The second-order valence-electron chi connectivity index (χ2n) is 6.13. The van der Waals surface area contributed by atoms with Gasteiger partial charge < -0.3 is 19.7 Å². The summed E-state index contributed by atoms with van der Waals surface area (Å²) in [6.45, 7) is 2.99. The number of hydrogen-bond acceptors (Lipinski definition) is 4. The number of likely N-dealkylation sites (N-methyl/N-ethyl adjacent to an activating group) is 1. The molecule has 1 N–H and O–H groups in total. The lowest BCUT2D eigenvalue weighted by atomic mass is 10.2. The highest BCUT2D eigenvalue weighted by molar-refractivity contribution is 14.0. The SMILES string of the molecule is CCNC(=NCCN(C)CC(F)(F)F)N(C)Cc1ccc2c(c1)OCO2.I. The summed E-state index contributed by atoms with van der Waals surface area (Å²) in [4.78, 5) is 7.55. The smallest absolute Gasteiger partial charge is 0.401 e. The van der Waals surface area contributed by atoms with Crippen molar-refractivity contribution in [2.45, 2.75) is 19.6 Å². The van der Waals surface area contributed by atoms with Gasteiger partial charge in [-0.3, -0.25) is 9.89 Å². The van der Waals surface area contributed by atoms with Gasteiger partial charge in [-0.1, -0.05) is 6.07 Å². The second kappa shape index (κ2) is 10.8. The van der Waals surface area contributed by atoms with Crippen molar-refractivity contribution in [1.82, 2.24) is 15.1 Å². The molecule has 1 aromatic carbocycles. The molecule has 1 aromatic rings. The van der Waals surface area contributed by atoms with Crippen LogP contribution in [0.4, 0.5) is 13.2 Å². The van der Waals surface area contributed by atoms with E-state index in [0.717, 1.165) is 11.3 Å². The van der Waals surface area contributed by atoms with Crippen LogP contribution in [-0.4, -0.2) is 69.0 Å². The van der Waals surface area contributed by atoms with E-state index in [1.807, 2.05) is 37.1 Å². The van der Waals surface area contributed by atoms with Crippen molar-refractivity contribution in [1.29, 1.82) is 0 Å². The third kappa shape index (κ3) is 7.99. The fourth-order valence-electron chi connectivity index (χ4n) is 2.57. The lowest BCUT2D eigenvalue weighted by Gasteiger charge is -2.23. The molecule has 154 valence electrons. The first-order valence-electron chi connectivity index (χ1n) is 8.41. The van der Waals surface area contributed by atoms with Gasteiger partial charge in [0.05, 0.1) is 13.1 Å². The van der Waals surface area contributed by atoms with E-state index in [9.17, 15) is 13.2 Å². The molecule has 1 aliphatic rings. The van der Waals surface area contributed by atoms with Gasteiger partial charge in [-0.25, -0.2) is 0 Å². The van der Waals surface area contributed by atoms with Crippen LogP contribution in [0.5, 0.6) is 11.5 Å². The molecular weight excluding hydrogens is 476 g/mol. The van der Waals surface area contributed by atoms with Gasteiger partial charge in [-0.15, -0.1) is 24.0 Å². The van der Waals surface area contributed by atoms with Crippen molar-refractivity contribution in [3.63, 3.8) is 0 Å². The number of rotatable bonds is 7. The predicted molar refractivity (Wildman–Crippen MR) is 109 cm³/mol. The van der Waals surface area contributed by atoms with Crippen molar-refractivity contribution >= 4 is 29.9 Å². The van der Waals surface area contributed by atoms with Crippen molar-refractivity contribution < 1.29 is 22.6 Å². The summed E-state index contributed by atoms with van der Waals surface area (Å²) >= 11 is 0. The zero-order valence-corrected chi connectivity index (χ0v) is 18.0. The Morgan fingerprint density at radius 2 is 1.93 bits per heavy atom. The van der Waals surface area contributed by atoms with Crippen molar-refractivity contribution in [3.8, 4) is 11.5 Å². The molecule has 0 aromatic heterocycles. The Bertz CT molecular complexity index is 629. The number of nitrogens with one attached hydrogen (secondary N) is 1. The van der Waals surface area contributed by atoms with Crippen LogP contribution < -0.4 is 14.8 Å². The summed E-state index contributed by atoms with van der Waals surface area (Å²) in [5, 5.41) is 3.16. The Hall–Kier alpha value is -1.43.